The first-order chi connectivity index (χ1) is 8.77. The van der Waals surface area contributed by atoms with E-state index in [0.717, 1.165) is 19.5 Å². The van der Waals surface area contributed by atoms with E-state index in [9.17, 15) is 4.79 Å². The molecule has 2 heterocycles. The molecule has 0 bridgehead atoms. The van der Waals surface area contributed by atoms with Crippen LogP contribution in [-0.2, 0) is 11.3 Å². The van der Waals surface area contributed by atoms with Gasteiger partial charge in [-0.2, -0.15) is 0 Å². The molecule has 0 aliphatic carbocycles. The average molecular weight is 252 g/mol. The third-order valence-electron chi connectivity index (χ3n) is 3.19. The number of hydrogen-bond donors (Lipinski definition) is 1. The van der Waals surface area contributed by atoms with Crippen molar-refractivity contribution in [2.75, 3.05) is 19.8 Å². The quantitative estimate of drug-likeness (QED) is 0.746. The van der Waals surface area contributed by atoms with Crippen molar-refractivity contribution in [3.63, 3.8) is 0 Å². The molecule has 1 aromatic rings. The van der Waals surface area contributed by atoms with Crippen LogP contribution in [0.25, 0.3) is 0 Å². The number of aromatic nitrogens is 3. The highest BCUT2D eigenvalue weighted by Gasteiger charge is 2.35. The van der Waals surface area contributed by atoms with Gasteiger partial charge >= 0.3 is 0 Å². The first-order valence-corrected chi connectivity index (χ1v) is 6.51. The van der Waals surface area contributed by atoms with Crippen LogP contribution in [0.4, 0.5) is 0 Å². The van der Waals surface area contributed by atoms with Crippen molar-refractivity contribution in [2.45, 2.75) is 32.9 Å². The van der Waals surface area contributed by atoms with Gasteiger partial charge in [0.05, 0.1) is 25.3 Å². The number of ketones is 1. The monoisotopic (exact) mass is 252 g/mol. The van der Waals surface area contributed by atoms with Gasteiger partial charge < -0.3 is 10.1 Å². The zero-order chi connectivity index (χ0) is 13.0. The molecular formula is C12H20N4O2. The van der Waals surface area contributed by atoms with Crippen LogP contribution in [0.2, 0.25) is 0 Å². The zero-order valence-corrected chi connectivity index (χ0v) is 10.9. The predicted octanol–water partition coefficient (Wildman–Crippen LogP) is 0.495. The lowest BCUT2D eigenvalue weighted by Gasteiger charge is -2.17. The normalized spacial score (nSPS) is 23.4. The summed E-state index contributed by atoms with van der Waals surface area (Å²) in [4.78, 5) is 12.5. The molecule has 1 N–H and O–H groups in total. The fourth-order valence-electron chi connectivity index (χ4n) is 2.29. The molecular weight excluding hydrogens is 232 g/mol. The lowest BCUT2D eigenvalue weighted by Crippen LogP contribution is -2.39. The van der Waals surface area contributed by atoms with Gasteiger partial charge in [0.2, 0.25) is 0 Å². The van der Waals surface area contributed by atoms with Gasteiger partial charge in [-0.15, -0.1) is 5.10 Å². The first-order valence-electron chi connectivity index (χ1n) is 6.51. The molecule has 18 heavy (non-hydrogen) atoms. The number of carbonyl (C=O) groups excluding carboxylic acids is 1. The fraction of sp³-hybridized carbons (Fsp3) is 0.750. The number of rotatable bonds is 6. The smallest absolute Gasteiger partial charge is 0.189 e. The Morgan fingerprint density at radius 3 is 3.11 bits per heavy atom. The maximum absolute atomic E-state index is 12.5. The number of ether oxygens (including phenoxy) is 1. The zero-order valence-electron chi connectivity index (χ0n) is 10.9. The maximum atomic E-state index is 12.5. The van der Waals surface area contributed by atoms with Gasteiger partial charge in [0, 0.05) is 12.6 Å². The van der Waals surface area contributed by atoms with E-state index >= 15 is 0 Å². The molecule has 2 rings (SSSR count). The first kappa shape index (κ1) is 13.2. The Balaban J connectivity index is 2.12. The van der Waals surface area contributed by atoms with Crippen LogP contribution < -0.4 is 5.32 Å². The highest BCUT2D eigenvalue weighted by Crippen LogP contribution is 2.19. The Morgan fingerprint density at radius 2 is 2.39 bits per heavy atom. The molecule has 0 radical (unpaired) electrons. The second-order valence-electron chi connectivity index (χ2n) is 4.51. The predicted molar refractivity (Wildman–Crippen MR) is 66.4 cm³/mol. The Labute approximate surface area is 107 Å². The van der Waals surface area contributed by atoms with Gasteiger partial charge in [-0.05, 0) is 13.0 Å². The van der Waals surface area contributed by atoms with E-state index in [0.29, 0.717) is 18.9 Å². The molecule has 100 valence electrons. The molecule has 2 atom stereocenters. The van der Waals surface area contributed by atoms with E-state index in [4.69, 9.17) is 4.74 Å². The minimum atomic E-state index is -0.126. The summed E-state index contributed by atoms with van der Waals surface area (Å²) < 4.78 is 7.09. The van der Waals surface area contributed by atoms with Crippen LogP contribution in [0.1, 0.15) is 30.8 Å². The van der Waals surface area contributed by atoms with Crippen molar-refractivity contribution in [1.82, 2.24) is 20.3 Å². The van der Waals surface area contributed by atoms with Gasteiger partial charge in [-0.1, -0.05) is 19.1 Å². The van der Waals surface area contributed by atoms with Crippen LogP contribution in [-0.4, -0.2) is 46.6 Å². The van der Waals surface area contributed by atoms with Gasteiger partial charge in [-0.3, -0.25) is 4.79 Å². The molecule has 1 aliphatic heterocycles. The lowest BCUT2D eigenvalue weighted by atomic mass is 9.96. The van der Waals surface area contributed by atoms with Crippen molar-refractivity contribution < 1.29 is 9.53 Å². The standard InChI is InChI=1S/C12H20N4O2/c1-3-5-16-11(6-14-15-16)12(17)9-7-18-8-10(9)13-4-2/h6,9-10,13H,3-5,7-8H2,1-2H3. The summed E-state index contributed by atoms with van der Waals surface area (Å²) in [6.45, 7) is 6.72. The Hall–Kier alpha value is -1.27. The Morgan fingerprint density at radius 1 is 1.56 bits per heavy atom. The van der Waals surface area contributed by atoms with Crippen molar-refractivity contribution >= 4 is 5.78 Å². The highest BCUT2D eigenvalue weighted by atomic mass is 16.5. The Kier molecular flexibility index (Phi) is 4.43. The van der Waals surface area contributed by atoms with Crippen LogP contribution in [0.3, 0.4) is 0 Å². The molecule has 6 nitrogen and oxygen atoms in total. The number of Topliss-reactive ketones (excluding diaryl/α,β-unsaturated/α-hetero) is 1. The molecule has 0 amide bonds. The summed E-state index contributed by atoms with van der Waals surface area (Å²) in [5.41, 5.74) is 0.593. The van der Waals surface area contributed by atoms with Crippen molar-refractivity contribution in [1.29, 1.82) is 0 Å². The van der Waals surface area contributed by atoms with E-state index in [-0.39, 0.29) is 17.7 Å². The minimum Gasteiger partial charge on any atom is -0.379 e. The fourth-order valence-corrected chi connectivity index (χ4v) is 2.29. The van der Waals surface area contributed by atoms with Crippen LogP contribution in [0.15, 0.2) is 6.20 Å². The van der Waals surface area contributed by atoms with Crippen LogP contribution in [0.5, 0.6) is 0 Å². The molecule has 1 aromatic heterocycles. The summed E-state index contributed by atoms with van der Waals surface area (Å²) in [7, 11) is 0. The third-order valence-corrected chi connectivity index (χ3v) is 3.19. The van der Waals surface area contributed by atoms with Crippen molar-refractivity contribution in [2.24, 2.45) is 5.92 Å². The van der Waals surface area contributed by atoms with Gasteiger partial charge in [-0.25, -0.2) is 4.68 Å². The van der Waals surface area contributed by atoms with E-state index < -0.39 is 0 Å². The molecule has 1 saturated heterocycles. The minimum absolute atomic E-state index is 0.0805. The molecule has 1 aliphatic rings. The van der Waals surface area contributed by atoms with E-state index in [1.165, 1.54) is 0 Å². The Bertz CT molecular complexity index is 405. The molecule has 2 unspecified atom stereocenters. The maximum Gasteiger partial charge on any atom is 0.189 e. The number of likely N-dealkylation sites (N-methyl/N-ethyl adjacent to an activating group) is 1. The average Bonchev–Trinajstić information content (AvgIpc) is 2.98. The van der Waals surface area contributed by atoms with E-state index in [2.05, 4.69) is 22.6 Å². The van der Waals surface area contributed by atoms with Gasteiger partial charge in [0.15, 0.2) is 5.78 Å². The largest absolute Gasteiger partial charge is 0.379 e. The van der Waals surface area contributed by atoms with Crippen LogP contribution >= 0.6 is 0 Å². The molecule has 0 aromatic carbocycles. The SMILES string of the molecule is CCCn1nncc1C(=O)C1COCC1NCC. The van der Waals surface area contributed by atoms with Crippen molar-refractivity contribution in [3.05, 3.63) is 11.9 Å². The summed E-state index contributed by atoms with van der Waals surface area (Å²) in [6.07, 6.45) is 2.49. The number of carbonyl (C=O) groups is 1. The molecule has 1 fully saturated rings. The highest BCUT2D eigenvalue weighted by molar-refractivity contribution is 5.96. The number of hydrogen-bond acceptors (Lipinski definition) is 5. The van der Waals surface area contributed by atoms with Gasteiger partial charge in [0.25, 0.3) is 0 Å². The van der Waals surface area contributed by atoms with Gasteiger partial charge in [0.1, 0.15) is 5.69 Å². The number of nitrogens with one attached hydrogen (secondary N) is 1. The number of aryl methyl sites for hydroxylation is 1. The summed E-state index contributed by atoms with van der Waals surface area (Å²) >= 11 is 0. The molecule has 0 saturated carbocycles. The summed E-state index contributed by atoms with van der Waals surface area (Å²) in [5.74, 6) is -0.0454. The lowest BCUT2D eigenvalue weighted by molar-refractivity contribution is 0.0880. The van der Waals surface area contributed by atoms with Crippen molar-refractivity contribution in [3.8, 4) is 0 Å². The second-order valence-corrected chi connectivity index (χ2v) is 4.51. The van der Waals surface area contributed by atoms with Crippen LogP contribution in [0, 0.1) is 5.92 Å². The summed E-state index contributed by atoms with van der Waals surface area (Å²) in [6, 6.07) is 0.104. The number of nitrogens with zero attached hydrogens (tertiary/aromatic N) is 3. The third kappa shape index (κ3) is 2.59. The molecule has 6 heteroatoms. The van der Waals surface area contributed by atoms with E-state index in [1.54, 1.807) is 10.9 Å². The van der Waals surface area contributed by atoms with E-state index in [1.807, 2.05) is 6.92 Å². The topological polar surface area (TPSA) is 69.0 Å². The molecule has 0 spiro atoms. The second kappa shape index (κ2) is 6.06. The summed E-state index contributed by atoms with van der Waals surface area (Å²) in [5, 5.41) is 11.1.